The molecule has 7 heteroatoms. The molecule has 0 saturated carbocycles. The highest BCUT2D eigenvalue weighted by atomic mass is 19.4. The third kappa shape index (κ3) is 3.34. The van der Waals surface area contributed by atoms with Crippen LogP contribution < -0.4 is 4.90 Å². The van der Waals surface area contributed by atoms with Crippen LogP contribution in [0.25, 0.3) is 0 Å². The Bertz CT molecular complexity index is 644. The molecular weight excluding hydrogens is 283 g/mol. The van der Waals surface area contributed by atoms with Crippen LogP contribution in [0.4, 0.5) is 19.0 Å². The van der Waals surface area contributed by atoms with Crippen LogP contribution in [0.3, 0.4) is 0 Å². The molecule has 2 heterocycles. The van der Waals surface area contributed by atoms with Crippen LogP contribution in [0.1, 0.15) is 23.9 Å². The molecule has 21 heavy (non-hydrogen) atoms. The number of nitriles is 1. The molecule has 0 aliphatic heterocycles. The van der Waals surface area contributed by atoms with Gasteiger partial charge in [0, 0.05) is 6.54 Å². The second-order valence-corrected chi connectivity index (χ2v) is 4.27. The standard InChI is InChI=1S/C14H12F3N3O/c1-2-20(9-11-4-3-7-21-11)13-10(8-18)5-6-12(19-13)14(15,16)17/h3-7H,2,9H2,1H3. The maximum atomic E-state index is 12.8. The number of furan rings is 1. The zero-order chi connectivity index (χ0) is 15.5. The average Bonchev–Trinajstić information content (AvgIpc) is 2.96. The molecule has 0 fully saturated rings. The van der Waals surface area contributed by atoms with Crippen molar-refractivity contribution in [3.63, 3.8) is 0 Å². The Kier molecular flexibility index (Phi) is 4.17. The van der Waals surface area contributed by atoms with Crippen molar-refractivity contribution in [2.45, 2.75) is 19.6 Å². The van der Waals surface area contributed by atoms with E-state index in [2.05, 4.69) is 4.98 Å². The van der Waals surface area contributed by atoms with Gasteiger partial charge in [-0.2, -0.15) is 18.4 Å². The Labute approximate surface area is 119 Å². The van der Waals surface area contributed by atoms with Gasteiger partial charge in [0.25, 0.3) is 0 Å². The van der Waals surface area contributed by atoms with Gasteiger partial charge < -0.3 is 9.32 Å². The molecule has 110 valence electrons. The lowest BCUT2D eigenvalue weighted by Crippen LogP contribution is -2.25. The largest absolute Gasteiger partial charge is 0.467 e. The fourth-order valence-corrected chi connectivity index (χ4v) is 1.86. The lowest BCUT2D eigenvalue weighted by atomic mass is 10.2. The highest BCUT2D eigenvalue weighted by Gasteiger charge is 2.33. The molecule has 2 aromatic rings. The Morgan fingerprint density at radius 1 is 1.33 bits per heavy atom. The molecule has 0 aliphatic rings. The topological polar surface area (TPSA) is 53.1 Å². The number of nitrogens with zero attached hydrogens (tertiary/aromatic N) is 3. The zero-order valence-corrected chi connectivity index (χ0v) is 11.2. The zero-order valence-electron chi connectivity index (χ0n) is 11.2. The number of rotatable bonds is 4. The predicted molar refractivity (Wildman–Crippen MR) is 69.4 cm³/mol. The summed E-state index contributed by atoms with van der Waals surface area (Å²) in [7, 11) is 0. The number of aromatic nitrogens is 1. The molecule has 0 amide bonds. The number of hydrogen-bond donors (Lipinski definition) is 0. The monoisotopic (exact) mass is 295 g/mol. The maximum absolute atomic E-state index is 12.8. The van der Waals surface area contributed by atoms with Gasteiger partial charge in [-0.25, -0.2) is 4.98 Å². The minimum atomic E-state index is -4.55. The molecule has 4 nitrogen and oxygen atoms in total. The Morgan fingerprint density at radius 3 is 2.62 bits per heavy atom. The van der Waals surface area contributed by atoms with Gasteiger partial charge in [0.2, 0.25) is 0 Å². The first kappa shape index (κ1) is 14.9. The smallest absolute Gasteiger partial charge is 0.433 e. The van der Waals surface area contributed by atoms with E-state index in [-0.39, 0.29) is 17.9 Å². The second-order valence-electron chi connectivity index (χ2n) is 4.27. The van der Waals surface area contributed by atoms with E-state index in [9.17, 15) is 13.2 Å². The third-order valence-electron chi connectivity index (χ3n) is 2.89. The summed E-state index contributed by atoms with van der Waals surface area (Å²) in [5.41, 5.74) is -0.925. The molecule has 2 aromatic heterocycles. The molecule has 0 unspecified atom stereocenters. The molecule has 0 bridgehead atoms. The average molecular weight is 295 g/mol. The van der Waals surface area contributed by atoms with Crippen LogP contribution in [0.15, 0.2) is 34.9 Å². The molecule has 2 rings (SSSR count). The number of anilines is 1. The van der Waals surface area contributed by atoms with Gasteiger partial charge >= 0.3 is 6.18 Å². The lowest BCUT2D eigenvalue weighted by Gasteiger charge is -2.22. The molecule has 0 atom stereocenters. The first-order chi connectivity index (χ1) is 9.95. The van der Waals surface area contributed by atoms with Crippen molar-refractivity contribution in [1.82, 2.24) is 4.98 Å². The third-order valence-corrected chi connectivity index (χ3v) is 2.89. The summed E-state index contributed by atoms with van der Waals surface area (Å²) >= 11 is 0. The number of hydrogen-bond acceptors (Lipinski definition) is 4. The summed E-state index contributed by atoms with van der Waals surface area (Å²) < 4.78 is 43.5. The highest BCUT2D eigenvalue weighted by Crippen LogP contribution is 2.30. The van der Waals surface area contributed by atoms with Crippen molar-refractivity contribution in [2.75, 3.05) is 11.4 Å². The van der Waals surface area contributed by atoms with E-state index in [0.29, 0.717) is 12.3 Å². The maximum Gasteiger partial charge on any atom is 0.433 e. The van der Waals surface area contributed by atoms with Gasteiger partial charge in [0.05, 0.1) is 18.4 Å². The minimum Gasteiger partial charge on any atom is -0.467 e. The SMILES string of the molecule is CCN(Cc1ccco1)c1nc(C(F)(F)F)ccc1C#N. The summed E-state index contributed by atoms with van der Waals surface area (Å²) in [6.45, 7) is 2.40. The Balaban J connectivity index is 2.41. The van der Waals surface area contributed by atoms with Gasteiger partial charge in [0.1, 0.15) is 23.3 Å². The summed E-state index contributed by atoms with van der Waals surface area (Å²) in [6, 6.07) is 7.21. The van der Waals surface area contributed by atoms with Gasteiger partial charge in [0.15, 0.2) is 0 Å². The number of halogens is 3. The number of pyridine rings is 1. The van der Waals surface area contributed by atoms with Crippen LogP contribution in [0.5, 0.6) is 0 Å². The fourth-order valence-electron chi connectivity index (χ4n) is 1.86. The van der Waals surface area contributed by atoms with Gasteiger partial charge in [-0.15, -0.1) is 0 Å². The van der Waals surface area contributed by atoms with Crippen molar-refractivity contribution in [3.8, 4) is 6.07 Å². The Hall–Kier alpha value is -2.49. The molecule has 0 aromatic carbocycles. The first-order valence-corrected chi connectivity index (χ1v) is 6.21. The summed E-state index contributed by atoms with van der Waals surface area (Å²) in [6.07, 6.45) is -3.07. The van der Waals surface area contributed by atoms with E-state index < -0.39 is 11.9 Å². The van der Waals surface area contributed by atoms with Crippen LogP contribution in [0, 0.1) is 11.3 Å². The van der Waals surface area contributed by atoms with E-state index in [1.54, 1.807) is 24.0 Å². The van der Waals surface area contributed by atoms with Crippen molar-refractivity contribution >= 4 is 5.82 Å². The Morgan fingerprint density at radius 2 is 2.10 bits per heavy atom. The van der Waals surface area contributed by atoms with Crippen LogP contribution in [0.2, 0.25) is 0 Å². The van der Waals surface area contributed by atoms with Gasteiger partial charge in [-0.3, -0.25) is 0 Å². The first-order valence-electron chi connectivity index (χ1n) is 6.21. The quantitative estimate of drug-likeness (QED) is 0.865. The van der Waals surface area contributed by atoms with Crippen LogP contribution in [-0.4, -0.2) is 11.5 Å². The molecule has 0 radical (unpaired) electrons. The van der Waals surface area contributed by atoms with Crippen LogP contribution >= 0.6 is 0 Å². The fraction of sp³-hybridized carbons (Fsp3) is 0.286. The molecular formula is C14H12F3N3O. The van der Waals surface area contributed by atoms with E-state index >= 15 is 0 Å². The minimum absolute atomic E-state index is 0.00576. The summed E-state index contributed by atoms with van der Waals surface area (Å²) in [5.74, 6) is 0.589. The summed E-state index contributed by atoms with van der Waals surface area (Å²) in [4.78, 5) is 5.17. The highest BCUT2D eigenvalue weighted by molar-refractivity contribution is 5.54. The van der Waals surface area contributed by atoms with Gasteiger partial charge in [-0.05, 0) is 31.2 Å². The lowest BCUT2D eigenvalue weighted by molar-refractivity contribution is -0.141. The van der Waals surface area contributed by atoms with Gasteiger partial charge in [-0.1, -0.05) is 0 Å². The molecule has 0 spiro atoms. The van der Waals surface area contributed by atoms with Crippen molar-refractivity contribution in [2.24, 2.45) is 0 Å². The molecule has 0 aliphatic carbocycles. The normalized spacial score (nSPS) is 11.2. The van der Waals surface area contributed by atoms with E-state index in [1.165, 1.54) is 6.26 Å². The molecule has 0 saturated heterocycles. The molecule has 0 N–H and O–H groups in total. The van der Waals surface area contributed by atoms with Crippen molar-refractivity contribution < 1.29 is 17.6 Å². The van der Waals surface area contributed by atoms with E-state index in [0.717, 1.165) is 12.1 Å². The van der Waals surface area contributed by atoms with Crippen LogP contribution in [-0.2, 0) is 12.7 Å². The predicted octanol–water partition coefficient (Wildman–Crippen LogP) is 3.59. The van der Waals surface area contributed by atoms with Crippen molar-refractivity contribution in [3.05, 3.63) is 47.5 Å². The van der Waals surface area contributed by atoms with Crippen molar-refractivity contribution in [1.29, 1.82) is 5.26 Å². The second kappa shape index (κ2) is 5.87. The number of alkyl halides is 3. The van der Waals surface area contributed by atoms with E-state index in [1.807, 2.05) is 6.07 Å². The summed E-state index contributed by atoms with van der Waals surface area (Å²) in [5, 5.41) is 9.06. The van der Waals surface area contributed by atoms with E-state index in [4.69, 9.17) is 9.68 Å².